The van der Waals surface area contributed by atoms with Crippen molar-refractivity contribution in [3.05, 3.63) is 74.9 Å². The Labute approximate surface area is 186 Å². The maximum Gasteiger partial charge on any atom is 0.416 e. The Hall–Kier alpha value is -2.42. The van der Waals surface area contributed by atoms with Crippen molar-refractivity contribution in [3.8, 4) is 11.3 Å². The van der Waals surface area contributed by atoms with Gasteiger partial charge in [0, 0.05) is 22.6 Å². The fourth-order valence-electron chi connectivity index (χ4n) is 3.23. The molecule has 1 aliphatic rings. The summed E-state index contributed by atoms with van der Waals surface area (Å²) in [5.74, 6) is 0. The minimum Gasteiger partial charge on any atom is -0.376 e. The summed E-state index contributed by atoms with van der Waals surface area (Å²) in [6.07, 6.45) is -0.926. The van der Waals surface area contributed by atoms with Crippen molar-refractivity contribution < 1.29 is 17.9 Å². The zero-order valence-electron chi connectivity index (χ0n) is 16.3. The van der Waals surface area contributed by atoms with E-state index in [1.807, 2.05) is 17.5 Å². The van der Waals surface area contributed by atoms with E-state index in [0.29, 0.717) is 21.9 Å². The third-order valence-electron chi connectivity index (χ3n) is 4.82. The molecule has 31 heavy (non-hydrogen) atoms. The number of aromatic nitrogens is 1. The van der Waals surface area contributed by atoms with Gasteiger partial charge >= 0.3 is 6.18 Å². The second-order valence-corrected chi connectivity index (χ2v) is 8.34. The van der Waals surface area contributed by atoms with E-state index in [2.05, 4.69) is 10.1 Å². The maximum atomic E-state index is 13.0. The molecule has 1 saturated heterocycles. The van der Waals surface area contributed by atoms with Gasteiger partial charge in [-0.25, -0.2) is 4.68 Å². The molecule has 1 fully saturated rings. The van der Waals surface area contributed by atoms with Crippen molar-refractivity contribution in [2.45, 2.75) is 25.1 Å². The lowest BCUT2D eigenvalue weighted by atomic mass is 10.1. The molecule has 1 aromatic heterocycles. The van der Waals surface area contributed by atoms with E-state index in [-0.39, 0.29) is 6.10 Å². The van der Waals surface area contributed by atoms with Gasteiger partial charge in [0.15, 0.2) is 0 Å². The van der Waals surface area contributed by atoms with Gasteiger partial charge < -0.3 is 4.74 Å². The van der Waals surface area contributed by atoms with Crippen LogP contribution in [0, 0.1) is 0 Å². The van der Waals surface area contributed by atoms with Crippen molar-refractivity contribution in [3.63, 3.8) is 0 Å². The van der Waals surface area contributed by atoms with Crippen LogP contribution in [0.25, 0.3) is 11.3 Å². The van der Waals surface area contributed by atoms with Crippen LogP contribution in [0.2, 0.25) is 5.02 Å². The van der Waals surface area contributed by atoms with E-state index in [4.69, 9.17) is 16.3 Å². The first-order valence-corrected chi connectivity index (χ1v) is 11.0. The molecule has 1 atom stereocenters. The third-order valence-corrected chi connectivity index (χ3v) is 5.92. The van der Waals surface area contributed by atoms with Gasteiger partial charge in [0.1, 0.15) is 0 Å². The van der Waals surface area contributed by atoms with Crippen LogP contribution in [-0.2, 0) is 10.9 Å². The minimum atomic E-state index is -4.41. The predicted molar refractivity (Wildman–Crippen MR) is 117 cm³/mol. The van der Waals surface area contributed by atoms with Crippen LogP contribution in [0.1, 0.15) is 24.0 Å². The minimum absolute atomic E-state index is 0.0852. The van der Waals surface area contributed by atoms with Crippen molar-refractivity contribution in [1.82, 2.24) is 4.68 Å². The van der Waals surface area contributed by atoms with Gasteiger partial charge in [-0.15, -0.1) is 11.3 Å². The number of nitrogens with zero attached hydrogens (tertiary/aromatic N) is 3. The average molecular weight is 466 g/mol. The highest BCUT2D eigenvalue weighted by Crippen LogP contribution is 2.29. The second-order valence-electron chi connectivity index (χ2n) is 7.07. The van der Waals surface area contributed by atoms with Gasteiger partial charge in [-0.2, -0.15) is 18.3 Å². The summed E-state index contributed by atoms with van der Waals surface area (Å²) >= 11 is 7.42. The Morgan fingerprint density at radius 2 is 2.00 bits per heavy atom. The number of alkyl halides is 3. The van der Waals surface area contributed by atoms with Gasteiger partial charge in [-0.3, -0.25) is 4.99 Å². The second kappa shape index (κ2) is 9.38. The largest absolute Gasteiger partial charge is 0.416 e. The van der Waals surface area contributed by atoms with E-state index in [0.717, 1.165) is 42.8 Å². The molecule has 0 saturated carbocycles. The van der Waals surface area contributed by atoms with Crippen LogP contribution in [0.4, 0.5) is 13.2 Å². The van der Waals surface area contributed by atoms with Crippen LogP contribution in [0.15, 0.2) is 64.0 Å². The highest BCUT2D eigenvalue weighted by Gasteiger charge is 2.30. The summed E-state index contributed by atoms with van der Waals surface area (Å²) < 4.78 is 46.4. The molecular formula is C22H19ClF3N3OS. The van der Waals surface area contributed by atoms with Crippen molar-refractivity contribution >= 4 is 29.2 Å². The zero-order chi connectivity index (χ0) is 21.8. The first-order valence-electron chi connectivity index (χ1n) is 9.70. The Balaban J connectivity index is 1.71. The molecule has 2 aromatic carbocycles. The molecule has 1 aliphatic heterocycles. The first kappa shape index (κ1) is 21.8. The number of halogens is 4. The molecule has 4 nitrogen and oxygen atoms in total. The summed E-state index contributed by atoms with van der Waals surface area (Å²) in [6, 6.07) is 12.3. The fraction of sp³-hybridized carbons (Fsp3) is 0.273. The highest BCUT2D eigenvalue weighted by atomic mass is 35.5. The van der Waals surface area contributed by atoms with Crippen LogP contribution >= 0.6 is 22.9 Å². The van der Waals surface area contributed by atoms with E-state index in [1.54, 1.807) is 22.9 Å². The molecule has 0 amide bonds. The molecule has 2 heterocycles. The number of hydrogen-bond acceptors (Lipinski definition) is 4. The summed E-state index contributed by atoms with van der Waals surface area (Å²) in [7, 11) is 0. The monoisotopic (exact) mass is 465 g/mol. The Bertz CT molecular complexity index is 1130. The van der Waals surface area contributed by atoms with Gasteiger partial charge in [0.2, 0.25) is 4.80 Å². The Kier molecular flexibility index (Phi) is 6.60. The van der Waals surface area contributed by atoms with E-state index >= 15 is 0 Å². The molecule has 0 N–H and O–H groups in total. The number of ether oxygens (including phenoxy) is 1. The van der Waals surface area contributed by atoms with Crippen molar-refractivity contribution in [2.24, 2.45) is 10.1 Å². The van der Waals surface area contributed by atoms with Crippen LogP contribution < -0.4 is 4.80 Å². The number of benzene rings is 2. The molecule has 0 radical (unpaired) electrons. The average Bonchev–Trinajstić information content (AvgIpc) is 3.41. The van der Waals surface area contributed by atoms with Crippen LogP contribution in [-0.4, -0.2) is 30.1 Å². The molecule has 9 heteroatoms. The van der Waals surface area contributed by atoms with E-state index in [1.165, 1.54) is 23.6 Å². The molecule has 1 unspecified atom stereocenters. The molecule has 162 valence electrons. The van der Waals surface area contributed by atoms with Crippen molar-refractivity contribution in [1.29, 1.82) is 0 Å². The topological polar surface area (TPSA) is 38.9 Å². The molecular weight excluding hydrogens is 447 g/mol. The first-order chi connectivity index (χ1) is 14.9. The molecule has 0 bridgehead atoms. The van der Waals surface area contributed by atoms with E-state index < -0.39 is 11.7 Å². The smallest absolute Gasteiger partial charge is 0.376 e. The normalized spacial score (nSPS) is 17.7. The van der Waals surface area contributed by atoms with Gasteiger partial charge in [0.25, 0.3) is 0 Å². The Morgan fingerprint density at radius 1 is 1.19 bits per heavy atom. The zero-order valence-corrected chi connectivity index (χ0v) is 17.9. The lowest BCUT2D eigenvalue weighted by molar-refractivity contribution is -0.137. The fourth-order valence-corrected chi connectivity index (χ4v) is 4.20. The number of thiazole rings is 1. The van der Waals surface area contributed by atoms with E-state index in [9.17, 15) is 13.2 Å². The summed E-state index contributed by atoms with van der Waals surface area (Å²) in [5, 5.41) is 7.00. The van der Waals surface area contributed by atoms with Crippen molar-refractivity contribution in [2.75, 3.05) is 13.2 Å². The third kappa shape index (κ3) is 5.44. The molecule has 0 aliphatic carbocycles. The summed E-state index contributed by atoms with van der Waals surface area (Å²) in [4.78, 5) is 5.30. The van der Waals surface area contributed by atoms with Crippen LogP contribution in [0.3, 0.4) is 0 Å². The predicted octanol–water partition coefficient (Wildman–Crippen LogP) is 5.85. The van der Waals surface area contributed by atoms with Gasteiger partial charge in [-0.1, -0.05) is 35.9 Å². The lowest BCUT2D eigenvalue weighted by Crippen LogP contribution is -2.17. The summed E-state index contributed by atoms with van der Waals surface area (Å²) in [6.45, 7) is 1.26. The van der Waals surface area contributed by atoms with Crippen LogP contribution in [0.5, 0.6) is 0 Å². The van der Waals surface area contributed by atoms with Gasteiger partial charge in [-0.05, 0) is 42.7 Å². The molecule has 3 aromatic rings. The SMILES string of the molecule is FC(F)(F)c1cccc(C=Nn2c(-c3ccc(Cl)cc3)csc2=NCC2CCCO2)c1. The Morgan fingerprint density at radius 3 is 2.71 bits per heavy atom. The lowest BCUT2D eigenvalue weighted by Gasteiger charge is -2.07. The van der Waals surface area contributed by atoms with Gasteiger partial charge in [0.05, 0.1) is 30.1 Å². The quantitative estimate of drug-likeness (QED) is 0.435. The highest BCUT2D eigenvalue weighted by molar-refractivity contribution is 7.07. The molecule has 4 rings (SSSR count). The number of hydrogen-bond donors (Lipinski definition) is 0. The summed E-state index contributed by atoms with van der Waals surface area (Å²) in [5.41, 5.74) is 1.28. The molecule has 0 spiro atoms. The standard InChI is InChI=1S/C22H19ClF3N3OS/c23-18-8-6-16(7-9-18)20-14-31-21(27-13-19-5-2-10-30-19)29(20)28-12-15-3-1-4-17(11-15)22(24,25)26/h1,3-4,6-9,11-12,14,19H,2,5,10,13H2. The number of rotatable bonds is 5. The maximum absolute atomic E-state index is 13.0.